The maximum absolute atomic E-state index is 14.2. The van der Waals surface area contributed by atoms with E-state index in [1.54, 1.807) is 48.5 Å². The van der Waals surface area contributed by atoms with E-state index in [2.05, 4.69) is 16.0 Å². The van der Waals surface area contributed by atoms with E-state index in [-0.39, 0.29) is 17.8 Å². The predicted octanol–water partition coefficient (Wildman–Crippen LogP) is 3.00. The van der Waals surface area contributed by atoms with Crippen molar-refractivity contribution in [3.63, 3.8) is 0 Å². The minimum Gasteiger partial charge on any atom is -0.456 e. The zero-order chi connectivity index (χ0) is 34.8. The van der Waals surface area contributed by atoms with E-state index in [1.807, 2.05) is 30.3 Å². The number of amides is 5. The van der Waals surface area contributed by atoms with Gasteiger partial charge in [0.15, 0.2) is 0 Å². The fourth-order valence-electron chi connectivity index (χ4n) is 6.53. The molecule has 258 valence electrons. The van der Waals surface area contributed by atoms with Crippen LogP contribution in [0.3, 0.4) is 0 Å². The fourth-order valence-corrected chi connectivity index (χ4v) is 6.53. The van der Waals surface area contributed by atoms with Crippen LogP contribution in [0.1, 0.15) is 92.2 Å². The first kappa shape index (κ1) is 35.9. The van der Waals surface area contributed by atoms with Crippen LogP contribution in [0.2, 0.25) is 0 Å². The molecule has 2 saturated carbocycles. The number of hydrogen-bond acceptors (Lipinski definition) is 7. The summed E-state index contributed by atoms with van der Waals surface area (Å²) in [6.45, 7) is 12.9. The van der Waals surface area contributed by atoms with Gasteiger partial charge in [0.2, 0.25) is 17.6 Å². The van der Waals surface area contributed by atoms with Crippen LogP contribution in [-0.2, 0) is 28.7 Å². The van der Waals surface area contributed by atoms with E-state index in [4.69, 9.17) is 10.5 Å². The number of urea groups is 1. The lowest BCUT2D eigenvalue weighted by Gasteiger charge is -2.37. The Labute approximate surface area is 277 Å². The number of hydrogen-bond donors (Lipinski definition) is 4. The number of esters is 1. The maximum atomic E-state index is 14.2. The van der Waals surface area contributed by atoms with Crippen LogP contribution in [0.15, 0.2) is 30.3 Å². The highest BCUT2D eigenvalue weighted by atomic mass is 16.5. The minimum atomic E-state index is -1.10. The number of primary amides is 1. The normalized spacial score (nSPS) is 23.2. The van der Waals surface area contributed by atoms with Crippen molar-refractivity contribution >= 4 is 35.5 Å². The lowest BCUT2D eigenvalue weighted by atomic mass is 9.80. The average Bonchev–Trinajstić information content (AvgIpc) is 3.62. The number of fused-ring (bicyclic) bond motifs is 1. The summed E-state index contributed by atoms with van der Waals surface area (Å²) in [5.41, 5.74) is 4.62. The zero-order valence-corrected chi connectivity index (χ0v) is 28.6. The molecule has 0 aromatic heterocycles. The third-order valence-corrected chi connectivity index (χ3v) is 9.70. The van der Waals surface area contributed by atoms with Gasteiger partial charge in [0, 0.05) is 6.54 Å². The number of ketones is 1. The van der Waals surface area contributed by atoms with Crippen LogP contribution < -0.4 is 21.7 Å². The quantitative estimate of drug-likeness (QED) is 0.198. The van der Waals surface area contributed by atoms with Gasteiger partial charge in [0.1, 0.15) is 24.2 Å². The third-order valence-electron chi connectivity index (χ3n) is 9.70. The molecule has 7 atom stereocenters. The number of benzene rings is 1. The molecule has 0 radical (unpaired) electrons. The average molecular weight is 654 g/mol. The molecule has 1 heterocycles. The molecule has 3 aliphatic rings. The van der Waals surface area contributed by atoms with Crippen molar-refractivity contribution < 1.29 is 33.5 Å². The number of nitrogens with two attached hydrogens (primary N) is 1. The van der Waals surface area contributed by atoms with Gasteiger partial charge in [-0.05, 0) is 53.9 Å². The standard InChI is InChI=1S/C35H51N5O7/c1-19(21-14-9-8-10-15-21)47-32(45)28(35(5,6)7)39-33(46)38-27(34(2,3)4)31(44)40-18-22-17-23(22)25(40)30(43)37-24(26(41)29(36)42)16-20-12-11-13-20/h8-10,14-15,19-20,22-25,27-28H,11-13,16-18H2,1-7H3,(H2,36,42)(H,37,43)(H2,38,39,46)/t19?,22-,23-,24?,25-,27?,28?/m0/s1. The first-order valence-electron chi connectivity index (χ1n) is 16.7. The molecule has 2 aliphatic carbocycles. The summed E-state index contributed by atoms with van der Waals surface area (Å²) in [5.74, 6) is -3.21. The van der Waals surface area contributed by atoms with Crippen LogP contribution in [-0.4, -0.2) is 71.1 Å². The number of rotatable bonds is 12. The summed E-state index contributed by atoms with van der Waals surface area (Å²) in [7, 11) is 0. The van der Waals surface area contributed by atoms with Gasteiger partial charge < -0.3 is 31.3 Å². The monoisotopic (exact) mass is 653 g/mol. The topological polar surface area (TPSA) is 177 Å². The summed E-state index contributed by atoms with van der Waals surface area (Å²) in [5, 5.41) is 8.27. The SMILES string of the molecule is CC(OC(=O)C(NC(=O)NC(C(=O)N1C[C@@H]2C[C@@H]2[C@H]1C(=O)NC(CC1CCC1)C(=O)C(N)=O)C(C)(C)C)C(C)(C)C)c1ccccc1. The molecule has 5 N–H and O–H groups in total. The summed E-state index contributed by atoms with van der Waals surface area (Å²) >= 11 is 0. The number of Topliss-reactive ketones (excluding diaryl/α,β-unsaturated/α-hetero) is 1. The second-order valence-electron chi connectivity index (χ2n) is 15.6. The fraction of sp³-hybridized carbons (Fsp3) is 0.657. The third kappa shape index (κ3) is 8.70. The molecule has 1 saturated heterocycles. The summed E-state index contributed by atoms with van der Waals surface area (Å²) in [6.07, 6.45) is 3.42. The van der Waals surface area contributed by atoms with Gasteiger partial charge in [-0.1, -0.05) is 91.1 Å². The van der Waals surface area contributed by atoms with Crippen molar-refractivity contribution in [2.24, 2.45) is 34.3 Å². The van der Waals surface area contributed by atoms with Crippen molar-refractivity contribution in [3.05, 3.63) is 35.9 Å². The van der Waals surface area contributed by atoms with Crippen LogP contribution in [0.5, 0.6) is 0 Å². The second kappa shape index (κ2) is 14.0. The molecular formula is C35H51N5O7. The molecular weight excluding hydrogens is 602 g/mol. The van der Waals surface area contributed by atoms with Crippen LogP contribution in [0.25, 0.3) is 0 Å². The van der Waals surface area contributed by atoms with E-state index in [0.717, 1.165) is 31.2 Å². The van der Waals surface area contributed by atoms with Crippen molar-refractivity contribution in [1.29, 1.82) is 0 Å². The summed E-state index contributed by atoms with van der Waals surface area (Å²) in [6, 6.07) is 4.58. The van der Waals surface area contributed by atoms with E-state index in [9.17, 15) is 28.8 Å². The molecule has 1 aromatic carbocycles. The highest BCUT2D eigenvalue weighted by molar-refractivity contribution is 6.37. The lowest BCUT2D eigenvalue weighted by molar-refractivity contribution is -0.153. The van der Waals surface area contributed by atoms with Crippen LogP contribution >= 0.6 is 0 Å². The maximum Gasteiger partial charge on any atom is 0.329 e. The van der Waals surface area contributed by atoms with E-state index in [1.165, 1.54) is 4.90 Å². The first-order chi connectivity index (χ1) is 21.9. The highest BCUT2D eigenvalue weighted by Gasteiger charge is 2.58. The van der Waals surface area contributed by atoms with Gasteiger partial charge in [-0.3, -0.25) is 19.2 Å². The number of nitrogens with one attached hydrogen (secondary N) is 3. The molecule has 1 aliphatic heterocycles. The lowest BCUT2D eigenvalue weighted by Crippen LogP contribution is -2.62. The Morgan fingerprint density at radius 1 is 0.915 bits per heavy atom. The minimum absolute atomic E-state index is 0.0759. The van der Waals surface area contributed by atoms with Gasteiger partial charge in [-0.15, -0.1) is 0 Å². The number of piperidine rings is 1. The number of ether oxygens (including phenoxy) is 1. The van der Waals surface area contributed by atoms with Crippen molar-refractivity contribution in [2.75, 3.05) is 6.54 Å². The summed E-state index contributed by atoms with van der Waals surface area (Å²) in [4.78, 5) is 80.5. The Kier molecular flexibility index (Phi) is 10.7. The number of carbonyl (C=O) groups excluding carboxylic acids is 6. The van der Waals surface area contributed by atoms with Gasteiger partial charge >= 0.3 is 12.0 Å². The Bertz CT molecular complexity index is 1360. The van der Waals surface area contributed by atoms with E-state index < -0.39 is 76.6 Å². The molecule has 3 fully saturated rings. The molecule has 5 amide bonds. The largest absolute Gasteiger partial charge is 0.456 e. The summed E-state index contributed by atoms with van der Waals surface area (Å²) < 4.78 is 5.73. The van der Waals surface area contributed by atoms with Crippen molar-refractivity contribution in [3.8, 4) is 0 Å². The van der Waals surface area contributed by atoms with Crippen LogP contribution in [0.4, 0.5) is 4.79 Å². The van der Waals surface area contributed by atoms with E-state index in [0.29, 0.717) is 13.0 Å². The molecule has 12 nitrogen and oxygen atoms in total. The molecule has 4 unspecified atom stereocenters. The molecule has 0 spiro atoms. The van der Waals surface area contributed by atoms with E-state index >= 15 is 0 Å². The molecule has 12 heteroatoms. The van der Waals surface area contributed by atoms with Crippen LogP contribution in [0, 0.1) is 28.6 Å². The van der Waals surface area contributed by atoms with Gasteiger partial charge in [0.05, 0.1) is 6.04 Å². The Balaban J connectivity index is 1.47. The van der Waals surface area contributed by atoms with Gasteiger partial charge in [-0.25, -0.2) is 9.59 Å². The highest BCUT2D eigenvalue weighted by Crippen LogP contribution is 2.50. The first-order valence-corrected chi connectivity index (χ1v) is 16.7. The Morgan fingerprint density at radius 2 is 1.51 bits per heavy atom. The molecule has 4 rings (SSSR count). The van der Waals surface area contributed by atoms with Gasteiger partial charge in [0.25, 0.3) is 5.91 Å². The smallest absolute Gasteiger partial charge is 0.329 e. The Hall–Kier alpha value is -3.96. The number of likely N-dealkylation sites (tertiary alicyclic amines) is 1. The van der Waals surface area contributed by atoms with Crippen molar-refractivity contribution in [1.82, 2.24) is 20.9 Å². The van der Waals surface area contributed by atoms with Gasteiger partial charge in [-0.2, -0.15) is 0 Å². The number of carbonyl (C=O) groups is 6. The number of nitrogens with zero attached hydrogens (tertiary/aromatic N) is 1. The van der Waals surface area contributed by atoms with Crippen molar-refractivity contribution in [2.45, 2.75) is 111 Å². The Morgan fingerprint density at radius 3 is 2.04 bits per heavy atom. The molecule has 1 aromatic rings. The zero-order valence-electron chi connectivity index (χ0n) is 28.6. The molecule has 0 bridgehead atoms. The predicted molar refractivity (Wildman–Crippen MR) is 174 cm³/mol. The molecule has 47 heavy (non-hydrogen) atoms. The second-order valence-corrected chi connectivity index (χ2v) is 15.6.